The van der Waals surface area contributed by atoms with Crippen molar-refractivity contribution in [2.24, 2.45) is 5.73 Å². The van der Waals surface area contributed by atoms with Gasteiger partial charge in [-0.1, -0.05) is 23.7 Å². The molecule has 0 aromatic heterocycles. The first-order valence-electron chi connectivity index (χ1n) is 7.28. The van der Waals surface area contributed by atoms with Crippen LogP contribution < -0.4 is 10.6 Å². The lowest BCUT2D eigenvalue weighted by Gasteiger charge is -2.33. The first-order valence-corrected chi connectivity index (χ1v) is 7.66. The van der Waals surface area contributed by atoms with E-state index in [1.54, 1.807) is 14.2 Å². The number of hydrogen-bond acceptors (Lipinski definition) is 4. The summed E-state index contributed by atoms with van der Waals surface area (Å²) < 4.78 is 10.5. The van der Waals surface area contributed by atoms with Crippen LogP contribution in [0.1, 0.15) is 19.4 Å². The van der Waals surface area contributed by atoms with E-state index in [1.165, 1.54) is 0 Å². The van der Waals surface area contributed by atoms with Gasteiger partial charge in [-0.3, -0.25) is 0 Å². The SMILES string of the molecule is COCCN(c1c(Cl)cccc1CC(C)N)C(C)COC. The molecule has 0 aliphatic carbocycles. The summed E-state index contributed by atoms with van der Waals surface area (Å²) >= 11 is 6.47. The third-order valence-electron chi connectivity index (χ3n) is 3.38. The summed E-state index contributed by atoms with van der Waals surface area (Å²) in [5.74, 6) is 0. The fourth-order valence-electron chi connectivity index (χ4n) is 2.47. The van der Waals surface area contributed by atoms with E-state index in [1.807, 2.05) is 19.1 Å². The Labute approximate surface area is 133 Å². The van der Waals surface area contributed by atoms with Gasteiger partial charge in [-0.05, 0) is 31.9 Å². The van der Waals surface area contributed by atoms with Gasteiger partial charge in [-0.25, -0.2) is 0 Å². The average molecular weight is 315 g/mol. The Bertz CT molecular complexity index is 427. The Morgan fingerprint density at radius 3 is 2.52 bits per heavy atom. The van der Waals surface area contributed by atoms with Crippen LogP contribution in [-0.4, -0.2) is 46.1 Å². The fourth-order valence-corrected chi connectivity index (χ4v) is 2.77. The van der Waals surface area contributed by atoms with Crippen molar-refractivity contribution in [1.82, 2.24) is 0 Å². The van der Waals surface area contributed by atoms with E-state index in [0.29, 0.717) is 13.2 Å². The van der Waals surface area contributed by atoms with Gasteiger partial charge in [0.1, 0.15) is 0 Å². The number of methoxy groups -OCH3 is 2. The van der Waals surface area contributed by atoms with Crippen molar-refractivity contribution < 1.29 is 9.47 Å². The Hall–Kier alpha value is -0.810. The molecule has 0 saturated heterocycles. The standard InChI is InChI=1S/C16H27ClN2O2/c1-12(18)10-14-6-5-7-15(17)16(14)19(8-9-20-3)13(2)11-21-4/h5-7,12-13H,8-11,18H2,1-4H3. The molecular weight excluding hydrogens is 288 g/mol. The summed E-state index contributed by atoms with van der Waals surface area (Å²) in [5, 5.41) is 0.743. The van der Waals surface area contributed by atoms with Crippen molar-refractivity contribution in [2.75, 3.05) is 38.9 Å². The highest BCUT2D eigenvalue weighted by Crippen LogP contribution is 2.32. The Morgan fingerprint density at radius 2 is 1.95 bits per heavy atom. The van der Waals surface area contributed by atoms with Gasteiger partial charge in [0.15, 0.2) is 0 Å². The summed E-state index contributed by atoms with van der Waals surface area (Å²) in [4.78, 5) is 2.24. The molecule has 0 aliphatic heterocycles. The smallest absolute Gasteiger partial charge is 0.0663 e. The average Bonchev–Trinajstić information content (AvgIpc) is 2.41. The van der Waals surface area contributed by atoms with Gasteiger partial charge in [0.05, 0.1) is 23.9 Å². The zero-order valence-electron chi connectivity index (χ0n) is 13.4. The Morgan fingerprint density at radius 1 is 1.24 bits per heavy atom. The van der Waals surface area contributed by atoms with Crippen molar-refractivity contribution in [2.45, 2.75) is 32.4 Å². The molecule has 2 unspecified atom stereocenters. The third kappa shape index (κ3) is 5.47. The van der Waals surface area contributed by atoms with Gasteiger partial charge in [0.25, 0.3) is 0 Å². The molecule has 0 aliphatic rings. The van der Waals surface area contributed by atoms with Gasteiger partial charge in [0, 0.05) is 32.8 Å². The van der Waals surface area contributed by atoms with E-state index < -0.39 is 0 Å². The maximum absolute atomic E-state index is 6.47. The molecule has 0 amide bonds. The van der Waals surface area contributed by atoms with Crippen molar-refractivity contribution >= 4 is 17.3 Å². The lowest BCUT2D eigenvalue weighted by molar-refractivity contribution is 0.171. The lowest BCUT2D eigenvalue weighted by Crippen LogP contribution is -2.39. The van der Waals surface area contributed by atoms with Crippen molar-refractivity contribution in [3.63, 3.8) is 0 Å². The first-order chi connectivity index (χ1) is 10.0. The molecule has 5 heteroatoms. The molecule has 0 radical (unpaired) electrons. The monoisotopic (exact) mass is 314 g/mol. The van der Waals surface area contributed by atoms with Crippen LogP contribution in [0.2, 0.25) is 5.02 Å². The normalized spacial score (nSPS) is 14.0. The minimum atomic E-state index is 0.0872. The highest BCUT2D eigenvalue weighted by molar-refractivity contribution is 6.33. The first kappa shape index (κ1) is 18.2. The molecule has 1 rings (SSSR count). The van der Waals surface area contributed by atoms with Crippen molar-refractivity contribution in [3.05, 3.63) is 28.8 Å². The Kier molecular flexibility index (Phi) is 8.04. The molecule has 2 atom stereocenters. The van der Waals surface area contributed by atoms with E-state index in [9.17, 15) is 0 Å². The summed E-state index contributed by atoms with van der Waals surface area (Å²) in [6.45, 7) is 6.15. The van der Waals surface area contributed by atoms with Crippen LogP contribution in [-0.2, 0) is 15.9 Å². The van der Waals surface area contributed by atoms with Crippen LogP contribution >= 0.6 is 11.6 Å². The topological polar surface area (TPSA) is 47.7 Å². The number of ether oxygens (including phenoxy) is 2. The van der Waals surface area contributed by atoms with Gasteiger partial charge >= 0.3 is 0 Å². The second kappa shape index (κ2) is 9.26. The number of para-hydroxylation sites is 1. The van der Waals surface area contributed by atoms with E-state index in [-0.39, 0.29) is 12.1 Å². The predicted molar refractivity (Wildman–Crippen MR) is 89.4 cm³/mol. The maximum atomic E-state index is 6.47. The van der Waals surface area contributed by atoms with Crippen molar-refractivity contribution in [3.8, 4) is 0 Å². The van der Waals surface area contributed by atoms with Gasteiger partial charge in [0.2, 0.25) is 0 Å². The molecular formula is C16H27ClN2O2. The van der Waals surface area contributed by atoms with Crippen molar-refractivity contribution in [1.29, 1.82) is 0 Å². The lowest BCUT2D eigenvalue weighted by atomic mass is 10.0. The number of benzene rings is 1. The minimum absolute atomic E-state index is 0.0872. The summed E-state index contributed by atoms with van der Waals surface area (Å²) in [5.41, 5.74) is 8.17. The molecule has 2 N–H and O–H groups in total. The molecule has 4 nitrogen and oxygen atoms in total. The fraction of sp³-hybridized carbons (Fsp3) is 0.625. The van der Waals surface area contributed by atoms with Gasteiger partial charge in [-0.15, -0.1) is 0 Å². The van der Waals surface area contributed by atoms with E-state index in [2.05, 4.69) is 17.9 Å². The van der Waals surface area contributed by atoms with Gasteiger partial charge in [-0.2, -0.15) is 0 Å². The van der Waals surface area contributed by atoms with E-state index in [4.69, 9.17) is 26.8 Å². The maximum Gasteiger partial charge on any atom is 0.0663 e. The second-order valence-corrected chi connectivity index (χ2v) is 5.83. The second-order valence-electron chi connectivity index (χ2n) is 5.42. The number of halogens is 1. The van der Waals surface area contributed by atoms with E-state index >= 15 is 0 Å². The zero-order valence-corrected chi connectivity index (χ0v) is 14.2. The molecule has 120 valence electrons. The molecule has 0 bridgehead atoms. The highest BCUT2D eigenvalue weighted by Gasteiger charge is 2.20. The largest absolute Gasteiger partial charge is 0.383 e. The number of rotatable bonds is 9. The number of hydrogen-bond donors (Lipinski definition) is 1. The summed E-state index contributed by atoms with van der Waals surface area (Å²) in [6, 6.07) is 6.27. The molecule has 1 aromatic carbocycles. The van der Waals surface area contributed by atoms with Gasteiger partial charge < -0.3 is 20.1 Å². The van der Waals surface area contributed by atoms with Crippen LogP contribution in [0.15, 0.2) is 18.2 Å². The van der Waals surface area contributed by atoms with Crippen LogP contribution in [0.4, 0.5) is 5.69 Å². The highest BCUT2D eigenvalue weighted by atomic mass is 35.5. The molecule has 0 saturated carbocycles. The molecule has 0 fully saturated rings. The van der Waals surface area contributed by atoms with Crippen LogP contribution in [0.5, 0.6) is 0 Å². The van der Waals surface area contributed by atoms with Crippen LogP contribution in [0.25, 0.3) is 0 Å². The number of anilines is 1. The number of nitrogens with zero attached hydrogens (tertiary/aromatic N) is 1. The minimum Gasteiger partial charge on any atom is -0.383 e. The van der Waals surface area contributed by atoms with Crippen LogP contribution in [0, 0.1) is 0 Å². The Balaban J connectivity index is 3.14. The molecule has 21 heavy (non-hydrogen) atoms. The van der Waals surface area contributed by atoms with Crippen LogP contribution in [0.3, 0.4) is 0 Å². The molecule has 0 spiro atoms. The molecule has 0 heterocycles. The summed E-state index contributed by atoms with van der Waals surface area (Å²) in [7, 11) is 3.41. The third-order valence-corrected chi connectivity index (χ3v) is 3.68. The quantitative estimate of drug-likeness (QED) is 0.761. The van der Waals surface area contributed by atoms with E-state index in [0.717, 1.165) is 29.2 Å². The summed E-state index contributed by atoms with van der Waals surface area (Å²) in [6.07, 6.45) is 0.791. The number of nitrogens with two attached hydrogens (primary N) is 1. The molecule has 1 aromatic rings. The predicted octanol–water partition coefficient (Wildman–Crippen LogP) is 2.72. The zero-order chi connectivity index (χ0) is 15.8.